The zero-order chi connectivity index (χ0) is 7.98. The monoisotopic (exact) mass is 142 g/mol. The van der Waals surface area contributed by atoms with Crippen LogP contribution >= 0.6 is 0 Å². The van der Waals surface area contributed by atoms with Gasteiger partial charge in [-0.3, -0.25) is 4.79 Å². The number of hydrogen-bond acceptors (Lipinski definition) is 1. The molecule has 0 aliphatic heterocycles. The highest BCUT2D eigenvalue weighted by Gasteiger charge is 2.02. The largest absolute Gasteiger partial charge is 0.346 e. The molecular formula is C8H16NO. The quantitative estimate of drug-likeness (QED) is 0.582. The van der Waals surface area contributed by atoms with Crippen molar-refractivity contribution in [2.45, 2.75) is 26.2 Å². The Morgan fingerprint density at radius 1 is 1.60 bits per heavy atom. The van der Waals surface area contributed by atoms with Gasteiger partial charge in [-0.1, -0.05) is 13.3 Å². The van der Waals surface area contributed by atoms with E-state index in [-0.39, 0.29) is 5.91 Å². The van der Waals surface area contributed by atoms with Crippen LogP contribution in [0.3, 0.4) is 0 Å². The summed E-state index contributed by atoms with van der Waals surface area (Å²) in [5.74, 6) is 0.133. The van der Waals surface area contributed by atoms with Gasteiger partial charge in [-0.05, 0) is 13.3 Å². The fraction of sp³-hybridized carbons (Fsp3) is 0.750. The number of carbonyl (C=O) groups excluding carboxylic acids is 1. The van der Waals surface area contributed by atoms with Gasteiger partial charge >= 0.3 is 0 Å². The summed E-state index contributed by atoms with van der Waals surface area (Å²) in [6.45, 7) is 6.50. The van der Waals surface area contributed by atoms with Crippen LogP contribution in [0.2, 0.25) is 0 Å². The molecule has 0 aromatic carbocycles. The summed E-state index contributed by atoms with van der Waals surface area (Å²) in [6, 6.07) is 0. The number of hydrogen-bond donors (Lipinski definition) is 0. The van der Waals surface area contributed by atoms with E-state index < -0.39 is 0 Å². The molecular weight excluding hydrogens is 126 g/mol. The molecule has 1 radical (unpaired) electrons. The van der Waals surface area contributed by atoms with Crippen molar-refractivity contribution in [2.75, 3.05) is 13.6 Å². The standard InChI is InChI=1S/C8H16NO/c1-4-6-7-9(3)8(10)5-2/h2,4-7H2,1,3H3. The molecule has 2 heteroatoms. The smallest absolute Gasteiger partial charge is 0.222 e. The fourth-order valence-corrected chi connectivity index (χ4v) is 0.711. The summed E-state index contributed by atoms with van der Waals surface area (Å²) in [6.07, 6.45) is 2.59. The zero-order valence-corrected chi connectivity index (χ0v) is 6.89. The highest BCUT2D eigenvalue weighted by molar-refractivity contribution is 5.76. The summed E-state index contributed by atoms with van der Waals surface area (Å²) in [5, 5.41) is 0. The first kappa shape index (κ1) is 9.47. The third-order valence-corrected chi connectivity index (χ3v) is 1.49. The van der Waals surface area contributed by atoms with Gasteiger partial charge in [0.2, 0.25) is 5.91 Å². The summed E-state index contributed by atoms with van der Waals surface area (Å²) in [7, 11) is 1.82. The van der Waals surface area contributed by atoms with Gasteiger partial charge in [0.1, 0.15) is 0 Å². The predicted octanol–water partition coefficient (Wildman–Crippen LogP) is 1.47. The molecule has 0 N–H and O–H groups in total. The highest BCUT2D eigenvalue weighted by atomic mass is 16.2. The lowest BCUT2D eigenvalue weighted by atomic mass is 10.3. The van der Waals surface area contributed by atoms with Crippen LogP contribution in [-0.4, -0.2) is 24.4 Å². The van der Waals surface area contributed by atoms with Crippen molar-refractivity contribution in [3.8, 4) is 0 Å². The highest BCUT2D eigenvalue weighted by Crippen LogP contribution is 1.93. The first-order chi connectivity index (χ1) is 4.72. The third-order valence-electron chi connectivity index (χ3n) is 1.49. The first-order valence-corrected chi connectivity index (χ1v) is 3.75. The van der Waals surface area contributed by atoms with Crippen molar-refractivity contribution < 1.29 is 4.79 Å². The molecule has 0 unspecified atom stereocenters. The van der Waals surface area contributed by atoms with E-state index in [1.165, 1.54) is 0 Å². The molecule has 0 fully saturated rings. The number of carbonyl (C=O) groups is 1. The lowest BCUT2D eigenvalue weighted by Crippen LogP contribution is -2.26. The average Bonchev–Trinajstić information content (AvgIpc) is 1.98. The Hall–Kier alpha value is -0.530. The van der Waals surface area contributed by atoms with Gasteiger partial charge in [0.15, 0.2) is 0 Å². The van der Waals surface area contributed by atoms with Crippen LogP contribution in [0.4, 0.5) is 0 Å². The Labute approximate surface area is 63.2 Å². The maximum Gasteiger partial charge on any atom is 0.222 e. The lowest BCUT2D eigenvalue weighted by molar-refractivity contribution is -0.129. The average molecular weight is 142 g/mol. The molecule has 0 saturated heterocycles. The number of amides is 1. The van der Waals surface area contributed by atoms with Crippen LogP contribution in [0.1, 0.15) is 26.2 Å². The molecule has 0 aromatic rings. The number of rotatable bonds is 4. The molecule has 0 rings (SSSR count). The van der Waals surface area contributed by atoms with Crippen molar-refractivity contribution in [2.24, 2.45) is 0 Å². The van der Waals surface area contributed by atoms with E-state index in [1.807, 2.05) is 7.05 Å². The second-order valence-electron chi connectivity index (χ2n) is 2.42. The molecule has 0 heterocycles. The van der Waals surface area contributed by atoms with Gasteiger partial charge in [-0.2, -0.15) is 0 Å². The van der Waals surface area contributed by atoms with Gasteiger partial charge in [-0.15, -0.1) is 0 Å². The van der Waals surface area contributed by atoms with Crippen LogP contribution < -0.4 is 0 Å². The first-order valence-electron chi connectivity index (χ1n) is 3.75. The molecule has 0 aliphatic carbocycles. The second-order valence-corrected chi connectivity index (χ2v) is 2.42. The Bertz CT molecular complexity index is 101. The molecule has 0 bridgehead atoms. The van der Waals surface area contributed by atoms with E-state index in [1.54, 1.807) is 4.90 Å². The van der Waals surface area contributed by atoms with Crippen molar-refractivity contribution in [1.82, 2.24) is 4.90 Å². The maximum absolute atomic E-state index is 10.9. The molecule has 0 aromatic heterocycles. The van der Waals surface area contributed by atoms with Gasteiger partial charge in [0, 0.05) is 20.0 Å². The zero-order valence-electron chi connectivity index (χ0n) is 6.89. The molecule has 10 heavy (non-hydrogen) atoms. The van der Waals surface area contributed by atoms with E-state index in [4.69, 9.17) is 0 Å². The molecule has 0 atom stereocenters. The van der Waals surface area contributed by atoms with Crippen molar-refractivity contribution in [1.29, 1.82) is 0 Å². The van der Waals surface area contributed by atoms with Crippen LogP contribution in [0, 0.1) is 6.92 Å². The maximum atomic E-state index is 10.9. The minimum Gasteiger partial charge on any atom is -0.346 e. The van der Waals surface area contributed by atoms with Crippen LogP contribution in [-0.2, 0) is 4.79 Å². The summed E-state index contributed by atoms with van der Waals surface area (Å²) in [5.41, 5.74) is 0. The summed E-state index contributed by atoms with van der Waals surface area (Å²) >= 11 is 0. The Morgan fingerprint density at radius 2 is 2.20 bits per heavy atom. The van der Waals surface area contributed by atoms with Crippen LogP contribution in [0.5, 0.6) is 0 Å². The van der Waals surface area contributed by atoms with E-state index in [0.29, 0.717) is 6.42 Å². The minimum absolute atomic E-state index is 0.133. The van der Waals surface area contributed by atoms with Crippen molar-refractivity contribution in [3.63, 3.8) is 0 Å². The fourth-order valence-electron chi connectivity index (χ4n) is 0.711. The summed E-state index contributed by atoms with van der Waals surface area (Å²) < 4.78 is 0. The van der Waals surface area contributed by atoms with E-state index in [2.05, 4.69) is 13.8 Å². The van der Waals surface area contributed by atoms with E-state index in [9.17, 15) is 4.79 Å². The lowest BCUT2D eigenvalue weighted by Gasteiger charge is -2.14. The van der Waals surface area contributed by atoms with E-state index >= 15 is 0 Å². The number of unbranched alkanes of at least 4 members (excludes halogenated alkanes) is 1. The minimum atomic E-state index is 0.133. The van der Waals surface area contributed by atoms with Gasteiger partial charge in [-0.25, -0.2) is 0 Å². The van der Waals surface area contributed by atoms with Crippen molar-refractivity contribution >= 4 is 5.91 Å². The number of nitrogens with zero attached hydrogens (tertiary/aromatic N) is 1. The molecule has 1 amide bonds. The molecule has 2 nitrogen and oxygen atoms in total. The molecule has 0 spiro atoms. The van der Waals surface area contributed by atoms with Crippen LogP contribution in [0.15, 0.2) is 0 Å². The van der Waals surface area contributed by atoms with E-state index in [0.717, 1.165) is 19.4 Å². The Kier molecular flexibility index (Phi) is 4.99. The van der Waals surface area contributed by atoms with Gasteiger partial charge < -0.3 is 4.90 Å². The molecule has 0 aliphatic rings. The SMILES string of the molecule is [CH2]CC(=O)N(C)CCCC. The Balaban J connectivity index is 3.41. The van der Waals surface area contributed by atoms with Gasteiger partial charge in [0.05, 0.1) is 0 Å². The topological polar surface area (TPSA) is 20.3 Å². The summed E-state index contributed by atoms with van der Waals surface area (Å²) in [4.78, 5) is 12.6. The Morgan fingerprint density at radius 3 is 2.60 bits per heavy atom. The van der Waals surface area contributed by atoms with Crippen LogP contribution in [0.25, 0.3) is 0 Å². The second kappa shape index (κ2) is 5.27. The predicted molar refractivity (Wildman–Crippen MR) is 42.5 cm³/mol. The van der Waals surface area contributed by atoms with Crippen molar-refractivity contribution in [3.05, 3.63) is 6.92 Å². The normalized spacial score (nSPS) is 9.50. The molecule has 0 saturated carbocycles. The van der Waals surface area contributed by atoms with Gasteiger partial charge in [0.25, 0.3) is 0 Å². The third kappa shape index (κ3) is 3.49. The molecule has 59 valence electrons.